The number of unbranched alkanes of at least 4 members (excludes halogenated alkanes) is 1. The minimum absolute atomic E-state index is 0.00110. The van der Waals surface area contributed by atoms with E-state index in [-0.39, 0.29) is 24.5 Å². The van der Waals surface area contributed by atoms with Gasteiger partial charge in [-0.25, -0.2) is 18.7 Å². The van der Waals surface area contributed by atoms with E-state index in [1.165, 1.54) is 19.2 Å². The van der Waals surface area contributed by atoms with Gasteiger partial charge in [-0.3, -0.25) is 9.63 Å². The first-order valence-corrected chi connectivity index (χ1v) is 16.3. The Morgan fingerprint density at radius 3 is 1.84 bits per heavy atom. The molecule has 236 valence electrons. The Morgan fingerprint density at radius 1 is 0.711 bits per heavy atom. The van der Waals surface area contributed by atoms with Crippen LogP contribution in [0.1, 0.15) is 36.0 Å². The number of hydrogen-bond donors (Lipinski definition) is 2. The third kappa shape index (κ3) is 10.2. The molecule has 0 aromatic heterocycles. The fourth-order valence-electron chi connectivity index (χ4n) is 4.81. The molecule has 4 aromatic carbocycles. The number of aryl methyl sites for hydroxylation is 1. The lowest BCUT2D eigenvalue weighted by Gasteiger charge is -2.27. The summed E-state index contributed by atoms with van der Waals surface area (Å²) in [6, 6.07) is 32.5. The minimum atomic E-state index is -4.15. The number of sulfone groups is 1. The molecule has 2 unspecified atom stereocenters. The van der Waals surface area contributed by atoms with E-state index < -0.39 is 33.1 Å². The molecular formula is C35H38N2O7S. The molecule has 0 bridgehead atoms. The summed E-state index contributed by atoms with van der Waals surface area (Å²) in [7, 11) is -2.66. The van der Waals surface area contributed by atoms with Crippen molar-refractivity contribution in [2.45, 2.75) is 55.1 Å². The van der Waals surface area contributed by atoms with E-state index in [2.05, 4.69) is 10.8 Å². The number of carbonyl (C=O) groups is 2. The standard InChI is InChI=1S/C35H38N2O7S/c1-42-30-21-23-31(24-22-30)45(40,41)32(20-12-11-15-27-13-5-2-6-14-27)33(34(38)37-44-26-29-18-9-4-10-19-29)36-35(39)43-25-28-16-7-3-8-17-28/h2-10,13-14,16-19,21-24,32-33H,11-12,15,20,25-26H2,1H3,(H,36,39)(H,37,38). The van der Waals surface area contributed by atoms with Crippen LogP contribution in [0.5, 0.6) is 5.75 Å². The second kappa shape index (κ2) is 17.0. The van der Waals surface area contributed by atoms with E-state index >= 15 is 0 Å². The summed E-state index contributed by atoms with van der Waals surface area (Å²) in [6.45, 7) is -0.0107. The highest BCUT2D eigenvalue weighted by molar-refractivity contribution is 7.92. The van der Waals surface area contributed by atoms with E-state index in [1.54, 1.807) is 24.3 Å². The zero-order valence-electron chi connectivity index (χ0n) is 25.1. The second-order valence-corrected chi connectivity index (χ2v) is 12.6. The first kappa shape index (κ1) is 33.2. The molecule has 0 radical (unpaired) electrons. The molecule has 45 heavy (non-hydrogen) atoms. The number of ether oxygens (including phenoxy) is 2. The summed E-state index contributed by atoms with van der Waals surface area (Å²) in [6.07, 6.45) is 1.05. The lowest BCUT2D eigenvalue weighted by molar-refractivity contribution is -0.136. The number of nitrogens with one attached hydrogen (secondary N) is 2. The average molecular weight is 631 g/mol. The monoisotopic (exact) mass is 630 g/mol. The molecule has 0 saturated heterocycles. The van der Waals surface area contributed by atoms with Gasteiger partial charge >= 0.3 is 6.09 Å². The van der Waals surface area contributed by atoms with Crippen LogP contribution in [-0.4, -0.2) is 38.8 Å². The third-order valence-electron chi connectivity index (χ3n) is 7.23. The first-order valence-electron chi connectivity index (χ1n) is 14.7. The van der Waals surface area contributed by atoms with Gasteiger partial charge in [0.25, 0.3) is 5.91 Å². The van der Waals surface area contributed by atoms with E-state index in [1.807, 2.05) is 78.9 Å². The number of alkyl carbamates (subject to hydrolysis) is 1. The molecule has 0 fully saturated rings. The van der Waals surface area contributed by atoms with Crippen molar-refractivity contribution in [2.75, 3.05) is 7.11 Å². The maximum absolute atomic E-state index is 14.1. The SMILES string of the molecule is COc1ccc(S(=O)(=O)C(CCCCc2ccccc2)C(NC(=O)OCc2ccccc2)C(=O)NOCc2ccccc2)cc1. The normalized spacial score (nSPS) is 12.5. The quantitative estimate of drug-likeness (QED) is 0.119. The van der Waals surface area contributed by atoms with Gasteiger partial charge in [0.15, 0.2) is 9.84 Å². The minimum Gasteiger partial charge on any atom is -0.497 e. The lowest BCUT2D eigenvalue weighted by Crippen LogP contribution is -2.55. The van der Waals surface area contributed by atoms with Crippen molar-refractivity contribution >= 4 is 21.8 Å². The summed E-state index contributed by atoms with van der Waals surface area (Å²) in [5.74, 6) is -0.327. The van der Waals surface area contributed by atoms with Crippen molar-refractivity contribution < 1.29 is 32.3 Å². The number of methoxy groups -OCH3 is 1. The van der Waals surface area contributed by atoms with E-state index in [4.69, 9.17) is 14.3 Å². The van der Waals surface area contributed by atoms with Crippen LogP contribution in [0, 0.1) is 0 Å². The number of amides is 2. The zero-order valence-corrected chi connectivity index (χ0v) is 25.9. The molecule has 4 rings (SSSR count). The van der Waals surface area contributed by atoms with Crippen LogP contribution in [0.2, 0.25) is 0 Å². The maximum atomic E-state index is 14.1. The van der Waals surface area contributed by atoms with Gasteiger partial charge in [0, 0.05) is 0 Å². The molecule has 2 amide bonds. The van der Waals surface area contributed by atoms with Crippen LogP contribution in [0.25, 0.3) is 0 Å². The molecule has 0 saturated carbocycles. The number of carbonyl (C=O) groups excluding carboxylic acids is 2. The summed E-state index contributed by atoms with van der Waals surface area (Å²) in [4.78, 5) is 32.1. The first-order chi connectivity index (χ1) is 21.9. The van der Waals surface area contributed by atoms with E-state index in [9.17, 15) is 18.0 Å². The third-order valence-corrected chi connectivity index (χ3v) is 9.46. The number of benzene rings is 4. The number of rotatable bonds is 16. The number of hydrogen-bond acceptors (Lipinski definition) is 7. The van der Waals surface area contributed by atoms with Crippen LogP contribution < -0.4 is 15.5 Å². The summed E-state index contributed by atoms with van der Waals surface area (Å²) in [5, 5.41) is 1.21. The Bertz CT molecular complexity index is 1580. The maximum Gasteiger partial charge on any atom is 0.408 e. The van der Waals surface area contributed by atoms with Gasteiger partial charge in [-0.05, 0) is 60.2 Å². The predicted octanol–water partition coefficient (Wildman–Crippen LogP) is 5.79. The summed E-state index contributed by atoms with van der Waals surface area (Å²) < 4.78 is 38.9. The highest BCUT2D eigenvalue weighted by Crippen LogP contribution is 2.26. The fraction of sp³-hybridized carbons (Fsp3) is 0.257. The Labute approximate surface area is 264 Å². The molecule has 0 aliphatic heterocycles. The Balaban J connectivity index is 1.57. The van der Waals surface area contributed by atoms with E-state index in [0.717, 1.165) is 23.1 Å². The average Bonchev–Trinajstić information content (AvgIpc) is 3.08. The van der Waals surface area contributed by atoms with Crippen molar-refractivity contribution in [1.29, 1.82) is 0 Å². The predicted molar refractivity (Wildman–Crippen MR) is 171 cm³/mol. The van der Waals surface area contributed by atoms with Gasteiger partial charge in [0.1, 0.15) is 18.4 Å². The molecule has 2 N–H and O–H groups in total. The molecular weight excluding hydrogens is 592 g/mol. The van der Waals surface area contributed by atoms with Crippen molar-refractivity contribution in [3.05, 3.63) is 132 Å². The van der Waals surface area contributed by atoms with Crippen molar-refractivity contribution in [1.82, 2.24) is 10.8 Å². The lowest BCUT2D eigenvalue weighted by atomic mass is 10.0. The molecule has 4 aromatic rings. The van der Waals surface area contributed by atoms with Gasteiger partial charge in [0.05, 0.1) is 23.9 Å². The van der Waals surface area contributed by atoms with Crippen LogP contribution in [0.3, 0.4) is 0 Å². The molecule has 0 aliphatic rings. The van der Waals surface area contributed by atoms with Crippen molar-refractivity contribution in [2.24, 2.45) is 0 Å². The van der Waals surface area contributed by atoms with Crippen LogP contribution in [0.15, 0.2) is 120 Å². The Morgan fingerprint density at radius 2 is 1.27 bits per heavy atom. The molecule has 0 spiro atoms. The molecule has 0 heterocycles. The van der Waals surface area contributed by atoms with Crippen LogP contribution >= 0.6 is 0 Å². The largest absolute Gasteiger partial charge is 0.497 e. The number of hydroxylamine groups is 1. The Hall–Kier alpha value is -4.67. The van der Waals surface area contributed by atoms with Gasteiger partial charge in [0.2, 0.25) is 0 Å². The van der Waals surface area contributed by atoms with Crippen molar-refractivity contribution in [3.63, 3.8) is 0 Å². The Kier molecular flexibility index (Phi) is 12.5. The summed E-state index contributed by atoms with van der Waals surface area (Å²) in [5.41, 5.74) is 5.02. The smallest absolute Gasteiger partial charge is 0.408 e. The molecule has 2 atom stereocenters. The topological polar surface area (TPSA) is 120 Å². The molecule has 10 heteroatoms. The van der Waals surface area contributed by atoms with Gasteiger partial charge < -0.3 is 14.8 Å². The van der Waals surface area contributed by atoms with Crippen molar-refractivity contribution in [3.8, 4) is 5.75 Å². The van der Waals surface area contributed by atoms with Crippen LogP contribution in [0.4, 0.5) is 4.79 Å². The summed E-state index contributed by atoms with van der Waals surface area (Å²) >= 11 is 0. The highest BCUT2D eigenvalue weighted by atomic mass is 32.2. The van der Waals surface area contributed by atoms with Gasteiger partial charge in [-0.15, -0.1) is 0 Å². The van der Waals surface area contributed by atoms with Crippen LogP contribution in [-0.2, 0) is 43.8 Å². The highest BCUT2D eigenvalue weighted by Gasteiger charge is 2.40. The molecule has 0 aliphatic carbocycles. The van der Waals surface area contributed by atoms with E-state index in [0.29, 0.717) is 18.6 Å². The fourth-order valence-corrected chi connectivity index (χ4v) is 6.70. The van der Waals surface area contributed by atoms with Gasteiger partial charge in [-0.1, -0.05) is 97.4 Å². The molecule has 9 nitrogen and oxygen atoms in total. The zero-order chi connectivity index (χ0) is 31.9. The second-order valence-electron chi connectivity index (χ2n) is 10.4. The van der Waals surface area contributed by atoms with Gasteiger partial charge in [-0.2, -0.15) is 0 Å².